The molecule has 0 fully saturated rings. The first-order valence-corrected chi connectivity index (χ1v) is 6.24. The topological polar surface area (TPSA) is 29.5 Å². The van der Waals surface area contributed by atoms with Gasteiger partial charge in [0.05, 0.1) is 0 Å². The normalized spacial score (nSPS) is 10.2. The lowest BCUT2D eigenvalue weighted by Gasteiger charge is -2.17. The Labute approximate surface area is 117 Å². The first-order valence-electron chi connectivity index (χ1n) is 6.24. The van der Waals surface area contributed by atoms with Gasteiger partial charge < -0.3 is 9.64 Å². The third kappa shape index (κ3) is 2.79. The molecule has 2 aromatic rings. The summed E-state index contributed by atoms with van der Waals surface area (Å²) in [4.78, 5) is 12.3. The Morgan fingerprint density at radius 2 is 1.80 bits per heavy atom. The number of para-hydroxylation sites is 1. The van der Waals surface area contributed by atoms with E-state index in [0.29, 0.717) is 5.75 Å². The van der Waals surface area contributed by atoms with Gasteiger partial charge in [-0.25, -0.2) is 4.39 Å². The molecule has 0 bridgehead atoms. The first-order chi connectivity index (χ1) is 9.52. The van der Waals surface area contributed by atoms with Gasteiger partial charge in [0.25, 0.3) is 0 Å². The smallest absolute Gasteiger partial charge is 0.213 e. The van der Waals surface area contributed by atoms with Crippen molar-refractivity contribution in [1.29, 1.82) is 0 Å². The standard InChI is InChI=1S/C16H16FNO2/c1-11-9-16(12(2)8-14(11)18(3)10-19)20-15-7-5-4-6-13(15)17/h4-10H,1-3H3. The Bertz CT molecular complexity index is 640. The molecular formula is C16H16FNO2. The van der Waals surface area contributed by atoms with Crippen molar-refractivity contribution >= 4 is 12.1 Å². The van der Waals surface area contributed by atoms with Crippen molar-refractivity contribution in [3.05, 3.63) is 53.3 Å². The predicted molar refractivity (Wildman–Crippen MR) is 76.9 cm³/mol. The summed E-state index contributed by atoms with van der Waals surface area (Å²) in [5.41, 5.74) is 2.53. The summed E-state index contributed by atoms with van der Waals surface area (Å²) in [5.74, 6) is 0.362. The second-order valence-electron chi connectivity index (χ2n) is 4.65. The van der Waals surface area contributed by atoms with Gasteiger partial charge in [0.2, 0.25) is 6.41 Å². The van der Waals surface area contributed by atoms with Crippen molar-refractivity contribution in [2.24, 2.45) is 0 Å². The number of anilines is 1. The van der Waals surface area contributed by atoms with Crippen molar-refractivity contribution in [2.75, 3.05) is 11.9 Å². The average molecular weight is 273 g/mol. The number of carbonyl (C=O) groups is 1. The predicted octanol–water partition coefficient (Wildman–Crippen LogP) is 3.83. The van der Waals surface area contributed by atoms with E-state index in [9.17, 15) is 9.18 Å². The number of halogens is 1. The summed E-state index contributed by atoms with van der Waals surface area (Å²) in [6.45, 7) is 3.74. The molecular weight excluding hydrogens is 257 g/mol. The molecule has 2 rings (SSSR count). The van der Waals surface area contributed by atoms with Gasteiger partial charge in [0.1, 0.15) is 5.75 Å². The lowest BCUT2D eigenvalue weighted by atomic mass is 10.1. The molecule has 20 heavy (non-hydrogen) atoms. The van der Waals surface area contributed by atoms with Gasteiger partial charge in [-0.2, -0.15) is 0 Å². The monoisotopic (exact) mass is 273 g/mol. The van der Waals surface area contributed by atoms with Gasteiger partial charge >= 0.3 is 0 Å². The Hall–Kier alpha value is -2.36. The molecule has 0 aliphatic rings. The highest BCUT2D eigenvalue weighted by molar-refractivity contribution is 5.77. The van der Waals surface area contributed by atoms with E-state index in [2.05, 4.69) is 0 Å². The molecule has 0 N–H and O–H groups in total. The molecule has 1 amide bonds. The molecule has 0 saturated heterocycles. The van der Waals surface area contributed by atoms with Gasteiger partial charge in [-0.05, 0) is 49.2 Å². The van der Waals surface area contributed by atoms with E-state index in [-0.39, 0.29) is 5.75 Å². The molecule has 0 heterocycles. The van der Waals surface area contributed by atoms with Gasteiger partial charge in [-0.15, -0.1) is 0 Å². The van der Waals surface area contributed by atoms with E-state index in [1.54, 1.807) is 31.3 Å². The Kier molecular flexibility index (Phi) is 4.03. The molecule has 0 radical (unpaired) electrons. The minimum atomic E-state index is -0.404. The van der Waals surface area contributed by atoms with Crippen molar-refractivity contribution in [3.8, 4) is 11.5 Å². The molecule has 4 heteroatoms. The van der Waals surface area contributed by atoms with E-state index in [1.807, 2.05) is 19.9 Å². The summed E-state index contributed by atoms with van der Waals surface area (Å²) in [6.07, 6.45) is 0.749. The molecule has 104 valence electrons. The van der Waals surface area contributed by atoms with E-state index in [0.717, 1.165) is 23.2 Å². The van der Waals surface area contributed by atoms with E-state index >= 15 is 0 Å². The van der Waals surface area contributed by atoms with Crippen LogP contribution in [0.4, 0.5) is 10.1 Å². The van der Waals surface area contributed by atoms with Gasteiger partial charge in [-0.1, -0.05) is 12.1 Å². The van der Waals surface area contributed by atoms with Gasteiger partial charge in [0, 0.05) is 12.7 Å². The lowest BCUT2D eigenvalue weighted by Crippen LogP contribution is -2.15. The zero-order valence-electron chi connectivity index (χ0n) is 11.7. The number of benzene rings is 2. The Balaban J connectivity index is 2.37. The Morgan fingerprint density at radius 3 is 2.45 bits per heavy atom. The average Bonchev–Trinajstić information content (AvgIpc) is 2.44. The van der Waals surface area contributed by atoms with Gasteiger partial charge in [0.15, 0.2) is 11.6 Å². The summed E-state index contributed by atoms with van der Waals surface area (Å²) >= 11 is 0. The van der Waals surface area contributed by atoms with Crippen LogP contribution >= 0.6 is 0 Å². The maximum atomic E-state index is 13.6. The minimum Gasteiger partial charge on any atom is -0.454 e. The molecule has 0 saturated carbocycles. The Morgan fingerprint density at radius 1 is 1.10 bits per heavy atom. The van der Waals surface area contributed by atoms with Crippen LogP contribution in [-0.4, -0.2) is 13.5 Å². The van der Waals surface area contributed by atoms with Crippen LogP contribution in [0.1, 0.15) is 11.1 Å². The van der Waals surface area contributed by atoms with Crippen molar-refractivity contribution in [1.82, 2.24) is 0 Å². The summed E-state index contributed by atoms with van der Waals surface area (Å²) in [6, 6.07) is 9.91. The molecule has 0 aromatic heterocycles. The quantitative estimate of drug-likeness (QED) is 0.792. The molecule has 0 atom stereocenters. The van der Waals surface area contributed by atoms with E-state index in [4.69, 9.17) is 4.74 Å². The second-order valence-corrected chi connectivity index (χ2v) is 4.65. The number of amides is 1. The summed E-state index contributed by atoms with van der Waals surface area (Å²) in [7, 11) is 1.69. The number of hydrogen-bond acceptors (Lipinski definition) is 2. The molecule has 0 unspecified atom stereocenters. The number of ether oxygens (including phenoxy) is 1. The van der Waals surface area contributed by atoms with E-state index < -0.39 is 5.82 Å². The number of nitrogens with zero attached hydrogens (tertiary/aromatic N) is 1. The maximum absolute atomic E-state index is 13.6. The number of aryl methyl sites for hydroxylation is 2. The highest BCUT2D eigenvalue weighted by Crippen LogP contribution is 2.32. The second kappa shape index (κ2) is 5.74. The van der Waals surface area contributed by atoms with Crippen LogP contribution in [0.2, 0.25) is 0 Å². The van der Waals surface area contributed by atoms with E-state index in [1.165, 1.54) is 11.0 Å². The third-order valence-corrected chi connectivity index (χ3v) is 3.09. The fourth-order valence-electron chi connectivity index (χ4n) is 1.97. The van der Waals surface area contributed by atoms with Gasteiger partial charge in [-0.3, -0.25) is 4.79 Å². The molecule has 0 spiro atoms. The number of hydrogen-bond donors (Lipinski definition) is 0. The summed E-state index contributed by atoms with van der Waals surface area (Å²) in [5, 5.41) is 0. The molecule has 0 aliphatic heterocycles. The number of carbonyl (C=O) groups excluding carboxylic acids is 1. The van der Waals surface area contributed by atoms with Crippen LogP contribution in [0.5, 0.6) is 11.5 Å². The van der Waals surface area contributed by atoms with Crippen LogP contribution in [0.3, 0.4) is 0 Å². The fourth-order valence-corrected chi connectivity index (χ4v) is 1.97. The van der Waals surface area contributed by atoms with Crippen molar-refractivity contribution in [3.63, 3.8) is 0 Å². The van der Waals surface area contributed by atoms with Crippen LogP contribution < -0.4 is 9.64 Å². The zero-order chi connectivity index (χ0) is 14.7. The van der Waals surface area contributed by atoms with Crippen LogP contribution in [0.25, 0.3) is 0 Å². The van der Waals surface area contributed by atoms with Crippen molar-refractivity contribution in [2.45, 2.75) is 13.8 Å². The zero-order valence-corrected chi connectivity index (χ0v) is 11.7. The highest BCUT2D eigenvalue weighted by Gasteiger charge is 2.11. The summed E-state index contributed by atoms with van der Waals surface area (Å²) < 4.78 is 19.2. The minimum absolute atomic E-state index is 0.187. The van der Waals surface area contributed by atoms with Crippen molar-refractivity contribution < 1.29 is 13.9 Å². The number of rotatable bonds is 4. The molecule has 2 aromatic carbocycles. The first kappa shape index (κ1) is 14.1. The largest absolute Gasteiger partial charge is 0.454 e. The maximum Gasteiger partial charge on any atom is 0.213 e. The highest BCUT2D eigenvalue weighted by atomic mass is 19.1. The third-order valence-electron chi connectivity index (χ3n) is 3.09. The molecule has 0 aliphatic carbocycles. The molecule has 3 nitrogen and oxygen atoms in total. The lowest BCUT2D eigenvalue weighted by molar-refractivity contribution is -0.107. The fraction of sp³-hybridized carbons (Fsp3) is 0.188. The van der Waals surface area contributed by atoms with Crippen LogP contribution in [-0.2, 0) is 4.79 Å². The SMILES string of the molecule is Cc1cc(N(C)C=O)c(C)cc1Oc1ccccc1F. The van der Waals surface area contributed by atoms with Crippen LogP contribution in [0.15, 0.2) is 36.4 Å². The van der Waals surface area contributed by atoms with Crippen LogP contribution in [0, 0.1) is 19.7 Å².